The van der Waals surface area contributed by atoms with Crippen molar-refractivity contribution in [2.75, 3.05) is 39.8 Å². The van der Waals surface area contributed by atoms with Crippen molar-refractivity contribution in [3.63, 3.8) is 0 Å². The zero-order valence-electron chi connectivity index (χ0n) is 19.4. The molecule has 3 aliphatic heterocycles. The molecule has 2 saturated heterocycles. The second kappa shape index (κ2) is 12.4. The van der Waals surface area contributed by atoms with Crippen molar-refractivity contribution in [1.82, 2.24) is 20.4 Å². The molecule has 3 N–H and O–H groups in total. The number of aliphatic carboxylic acids is 1. The Morgan fingerprint density at radius 1 is 1.09 bits per heavy atom. The summed E-state index contributed by atoms with van der Waals surface area (Å²) in [6.45, 7) is 13.8. The van der Waals surface area contributed by atoms with Crippen molar-refractivity contribution in [1.29, 1.82) is 0 Å². The van der Waals surface area contributed by atoms with Crippen LogP contribution in [0.5, 0.6) is 0 Å². The smallest absolute Gasteiger partial charge is 0.305 e. The quantitative estimate of drug-likeness (QED) is 0.595. The molecule has 8 nitrogen and oxygen atoms in total. The number of amides is 2. The summed E-state index contributed by atoms with van der Waals surface area (Å²) in [6.07, 6.45) is 8.07. The third-order valence-corrected chi connectivity index (χ3v) is 6.62. The number of carboxylic acids is 1. The SMILES string of the molecule is C=CC1=C(C=C)NC(CC(=O)O)C(=O)N(C)C1.CC(=O)N1CCC(C2CCNCC2)CC1. The van der Waals surface area contributed by atoms with E-state index >= 15 is 0 Å². The molecule has 0 bridgehead atoms. The predicted molar refractivity (Wildman–Crippen MR) is 125 cm³/mol. The number of hydrogen-bond donors (Lipinski definition) is 3. The molecular formula is C24H38N4O4. The van der Waals surface area contributed by atoms with Crippen LogP contribution in [0.25, 0.3) is 0 Å². The number of carbonyl (C=O) groups excluding carboxylic acids is 2. The lowest BCUT2D eigenvalue weighted by Gasteiger charge is -2.37. The first kappa shape index (κ1) is 25.6. The predicted octanol–water partition coefficient (Wildman–Crippen LogP) is 1.76. The Morgan fingerprint density at radius 2 is 1.69 bits per heavy atom. The Bertz CT molecular complexity index is 734. The van der Waals surface area contributed by atoms with Gasteiger partial charge >= 0.3 is 5.97 Å². The highest BCUT2D eigenvalue weighted by Gasteiger charge is 2.29. The van der Waals surface area contributed by atoms with E-state index in [-0.39, 0.29) is 18.2 Å². The number of piperidine rings is 2. The average molecular weight is 447 g/mol. The Labute approximate surface area is 191 Å². The fourth-order valence-electron chi connectivity index (χ4n) is 4.71. The molecule has 1 atom stereocenters. The maximum Gasteiger partial charge on any atom is 0.305 e. The van der Waals surface area contributed by atoms with Gasteiger partial charge in [-0.25, -0.2) is 0 Å². The van der Waals surface area contributed by atoms with Crippen molar-refractivity contribution in [3.8, 4) is 0 Å². The number of allylic oxidation sites excluding steroid dienone is 1. The average Bonchev–Trinajstić information content (AvgIpc) is 2.91. The number of nitrogens with zero attached hydrogens (tertiary/aromatic N) is 2. The van der Waals surface area contributed by atoms with Crippen LogP contribution in [0, 0.1) is 11.8 Å². The van der Waals surface area contributed by atoms with E-state index < -0.39 is 12.0 Å². The lowest BCUT2D eigenvalue weighted by atomic mass is 9.79. The Hall–Kier alpha value is -2.61. The molecule has 3 heterocycles. The summed E-state index contributed by atoms with van der Waals surface area (Å²) in [6, 6.07) is -0.761. The molecule has 0 spiro atoms. The first-order chi connectivity index (χ1) is 15.3. The van der Waals surface area contributed by atoms with E-state index in [4.69, 9.17) is 5.11 Å². The molecule has 8 heteroatoms. The maximum atomic E-state index is 11.9. The normalized spacial score (nSPS) is 22.9. The monoisotopic (exact) mass is 446 g/mol. The van der Waals surface area contributed by atoms with Gasteiger partial charge in [0.15, 0.2) is 0 Å². The lowest BCUT2D eigenvalue weighted by molar-refractivity contribution is -0.141. The van der Waals surface area contributed by atoms with Gasteiger partial charge in [-0.2, -0.15) is 0 Å². The second-order valence-corrected chi connectivity index (χ2v) is 8.77. The van der Waals surface area contributed by atoms with E-state index in [0.717, 1.165) is 30.5 Å². The van der Waals surface area contributed by atoms with Crippen molar-refractivity contribution in [2.45, 2.75) is 45.1 Å². The summed E-state index contributed by atoms with van der Waals surface area (Å²) in [7, 11) is 1.63. The summed E-state index contributed by atoms with van der Waals surface area (Å²) >= 11 is 0. The molecule has 32 heavy (non-hydrogen) atoms. The molecule has 0 radical (unpaired) electrons. The van der Waals surface area contributed by atoms with Gasteiger partial charge in [-0.05, 0) is 62.3 Å². The third-order valence-electron chi connectivity index (χ3n) is 6.62. The van der Waals surface area contributed by atoms with Crippen LogP contribution in [-0.2, 0) is 14.4 Å². The number of likely N-dealkylation sites (tertiary alicyclic amines) is 1. The van der Waals surface area contributed by atoms with Crippen LogP contribution < -0.4 is 10.6 Å². The molecule has 0 aromatic rings. The topological polar surface area (TPSA) is 102 Å². The van der Waals surface area contributed by atoms with E-state index in [1.54, 1.807) is 26.1 Å². The minimum Gasteiger partial charge on any atom is -0.481 e. The van der Waals surface area contributed by atoms with Crippen LogP contribution in [0.3, 0.4) is 0 Å². The molecule has 3 aliphatic rings. The summed E-state index contributed by atoms with van der Waals surface area (Å²) in [5.41, 5.74) is 1.48. The molecule has 0 aromatic carbocycles. The summed E-state index contributed by atoms with van der Waals surface area (Å²) < 4.78 is 0. The number of likely N-dealkylation sites (N-methyl/N-ethyl adjacent to an activating group) is 1. The number of nitrogens with one attached hydrogen (secondary N) is 2. The minimum absolute atomic E-state index is 0.247. The van der Waals surface area contributed by atoms with Gasteiger partial charge in [-0.15, -0.1) is 0 Å². The molecule has 1 unspecified atom stereocenters. The van der Waals surface area contributed by atoms with Crippen LogP contribution in [0.1, 0.15) is 39.0 Å². The molecule has 2 fully saturated rings. The molecule has 0 saturated carbocycles. The van der Waals surface area contributed by atoms with Gasteiger partial charge in [0.05, 0.1) is 6.42 Å². The van der Waals surface area contributed by atoms with E-state index in [2.05, 4.69) is 23.8 Å². The molecule has 2 amide bonds. The van der Waals surface area contributed by atoms with Gasteiger partial charge < -0.3 is 25.5 Å². The zero-order valence-corrected chi connectivity index (χ0v) is 19.4. The van der Waals surface area contributed by atoms with Gasteiger partial charge in [0, 0.05) is 39.3 Å². The van der Waals surface area contributed by atoms with Gasteiger partial charge in [0.25, 0.3) is 0 Å². The summed E-state index contributed by atoms with van der Waals surface area (Å²) in [4.78, 5) is 37.3. The van der Waals surface area contributed by atoms with Gasteiger partial charge in [-0.1, -0.05) is 19.2 Å². The van der Waals surface area contributed by atoms with Crippen LogP contribution >= 0.6 is 0 Å². The fraction of sp³-hybridized carbons (Fsp3) is 0.625. The van der Waals surface area contributed by atoms with Crippen LogP contribution in [0.4, 0.5) is 0 Å². The standard InChI is InChI=1S/C12H16N2O3.C12H22N2O/c1-4-8-7-14(3)12(17)10(6-11(15)16)13-9(8)5-2;1-10(15)14-8-4-12(5-9-14)11-2-6-13-7-3-11/h4-5,10,13H,1-2,6-7H2,3H3,(H,15,16);11-13H,2-9H2,1H3. The maximum absolute atomic E-state index is 11.9. The first-order valence-electron chi connectivity index (χ1n) is 11.4. The summed E-state index contributed by atoms with van der Waals surface area (Å²) in [5.74, 6) is 0.778. The van der Waals surface area contributed by atoms with E-state index in [9.17, 15) is 14.4 Å². The van der Waals surface area contributed by atoms with Crippen molar-refractivity contribution < 1.29 is 19.5 Å². The molecule has 0 aromatic heterocycles. The largest absolute Gasteiger partial charge is 0.481 e. The van der Waals surface area contributed by atoms with Crippen molar-refractivity contribution in [3.05, 3.63) is 36.6 Å². The van der Waals surface area contributed by atoms with Crippen LogP contribution in [-0.4, -0.2) is 78.5 Å². The van der Waals surface area contributed by atoms with Gasteiger partial charge in [0.1, 0.15) is 6.04 Å². The highest BCUT2D eigenvalue weighted by Crippen LogP contribution is 2.30. The molecule has 3 rings (SSSR count). The Morgan fingerprint density at radius 3 is 2.19 bits per heavy atom. The van der Waals surface area contributed by atoms with E-state index in [1.165, 1.54) is 43.7 Å². The molecule has 0 aliphatic carbocycles. The van der Waals surface area contributed by atoms with Crippen molar-refractivity contribution >= 4 is 17.8 Å². The Kier molecular flexibility index (Phi) is 9.97. The number of hydrogen-bond acceptors (Lipinski definition) is 5. The third kappa shape index (κ3) is 7.22. The fourth-order valence-corrected chi connectivity index (χ4v) is 4.71. The Balaban J connectivity index is 0.000000228. The first-order valence-corrected chi connectivity index (χ1v) is 11.4. The number of rotatable bonds is 5. The van der Waals surface area contributed by atoms with Gasteiger partial charge in [-0.3, -0.25) is 14.4 Å². The minimum atomic E-state index is -1.02. The van der Waals surface area contributed by atoms with E-state index in [0.29, 0.717) is 12.2 Å². The molecular weight excluding hydrogens is 408 g/mol. The van der Waals surface area contributed by atoms with E-state index in [1.807, 2.05) is 4.90 Å². The lowest BCUT2D eigenvalue weighted by Crippen LogP contribution is -2.43. The zero-order chi connectivity index (χ0) is 23.7. The second-order valence-electron chi connectivity index (χ2n) is 8.77. The highest BCUT2D eigenvalue weighted by molar-refractivity contribution is 5.87. The van der Waals surface area contributed by atoms with Gasteiger partial charge in [0.2, 0.25) is 11.8 Å². The number of carbonyl (C=O) groups is 3. The van der Waals surface area contributed by atoms with Crippen LogP contribution in [0.2, 0.25) is 0 Å². The van der Waals surface area contributed by atoms with Crippen LogP contribution in [0.15, 0.2) is 36.6 Å². The van der Waals surface area contributed by atoms with Crippen molar-refractivity contribution in [2.24, 2.45) is 11.8 Å². The highest BCUT2D eigenvalue weighted by atomic mass is 16.4. The number of carboxylic acid groups (broad SMARTS) is 1. The molecule has 178 valence electrons. The summed E-state index contributed by atoms with van der Waals surface area (Å²) in [5, 5.41) is 15.1.